The zero-order valence-corrected chi connectivity index (χ0v) is 13.5. The fraction of sp³-hybridized carbons (Fsp3) is 0.588. The van der Waals surface area contributed by atoms with Crippen molar-refractivity contribution in [3.63, 3.8) is 0 Å². The van der Waals surface area contributed by atoms with Crippen molar-refractivity contribution in [2.45, 2.75) is 32.0 Å². The monoisotopic (exact) mass is 320 g/mol. The topological polar surface area (TPSA) is 68.8 Å². The van der Waals surface area contributed by atoms with Crippen molar-refractivity contribution in [1.29, 1.82) is 0 Å². The van der Waals surface area contributed by atoms with Crippen molar-refractivity contribution in [1.82, 2.24) is 5.32 Å². The minimum Gasteiger partial charge on any atom is -0.490 e. The summed E-state index contributed by atoms with van der Waals surface area (Å²) in [5.41, 5.74) is 1.78. The molecule has 3 rings (SSSR count). The zero-order valence-electron chi connectivity index (χ0n) is 13.5. The molecule has 2 fully saturated rings. The smallest absolute Gasteiger partial charge is 0.254 e. The normalized spacial score (nSPS) is 22.6. The van der Waals surface area contributed by atoms with Gasteiger partial charge in [0, 0.05) is 31.6 Å². The number of benzene rings is 1. The summed E-state index contributed by atoms with van der Waals surface area (Å²) < 4.78 is 16.8. The number of aryl methyl sites for hydroxylation is 1. The van der Waals surface area contributed by atoms with Gasteiger partial charge in [-0.05, 0) is 30.7 Å². The van der Waals surface area contributed by atoms with Gasteiger partial charge in [0.25, 0.3) is 5.91 Å². The first-order chi connectivity index (χ1) is 11.2. The van der Waals surface area contributed by atoms with Gasteiger partial charge < -0.3 is 24.8 Å². The van der Waals surface area contributed by atoms with Gasteiger partial charge in [0.15, 0.2) is 0 Å². The Bertz CT molecular complexity index is 537. The summed E-state index contributed by atoms with van der Waals surface area (Å²) in [4.78, 5) is 12.2. The van der Waals surface area contributed by atoms with E-state index < -0.39 is 6.10 Å². The van der Waals surface area contributed by atoms with Crippen LogP contribution < -0.4 is 15.4 Å². The van der Waals surface area contributed by atoms with E-state index in [1.807, 2.05) is 25.1 Å². The summed E-state index contributed by atoms with van der Waals surface area (Å²) in [6, 6.07) is 5.72. The molecule has 0 bridgehead atoms. The van der Waals surface area contributed by atoms with E-state index in [9.17, 15) is 4.79 Å². The third-order valence-corrected chi connectivity index (χ3v) is 4.12. The van der Waals surface area contributed by atoms with Gasteiger partial charge >= 0.3 is 0 Å². The Morgan fingerprint density at radius 2 is 2.13 bits per heavy atom. The Balaban J connectivity index is 1.58. The lowest BCUT2D eigenvalue weighted by atomic mass is 10.1. The molecule has 2 aliphatic heterocycles. The Morgan fingerprint density at radius 3 is 2.83 bits per heavy atom. The van der Waals surface area contributed by atoms with Crippen molar-refractivity contribution >= 4 is 11.6 Å². The molecule has 0 spiro atoms. The van der Waals surface area contributed by atoms with Crippen molar-refractivity contribution in [2.75, 3.05) is 38.2 Å². The van der Waals surface area contributed by atoms with E-state index in [4.69, 9.17) is 14.2 Å². The van der Waals surface area contributed by atoms with Crippen LogP contribution in [0.2, 0.25) is 0 Å². The number of ether oxygens (including phenoxy) is 3. The number of anilines is 1. The van der Waals surface area contributed by atoms with E-state index in [2.05, 4.69) is 10.6 Å². The van der Waals surface area contributed by atoms with E-state index in [0.29, 0.717) is 13.2 Å². The second-order valence-electron chi connectivity index (χ2n) is 5.96. The number of carbonyl (C=O) groups excluding carboxylic acids is 1. The van der Waals surface area contributed by atoms with Crippen molar-refractivity contribution < 1.29 is 19.0 Å². The standard InChI is InChI=1S/C17H24N2O4/c1-12-10-13(19-17(20)16-11-18-6-9-22-16)2-3-15(12)23-14-4-7-21-8-5-14/h2-3,10,14,16,18H,4-9,11H2,1H3,(H,19,20). The predicted octanol–water partition coefficient (Wildman–Crippen LogP) is 1.48. The van der Waals surface area contributed by atoms with Crippen LogP contribution in [0, 0.1) is 6.92 Å². The number of hydrogen-bond acceptors (Lipinski definition) is 5. The molecule has 1 unspecified atom stereocenters. The molecule has 2 aliphatic rings. The van der Waals surface area contributed by atoms with Gasteiger partial charge in [-0.15, -0.1) is 0 Å². The number of nitrogens with one attached hydrogen (secondary N) is 2. The van der Waals surface area contributed by atoms with E-state index in [-0.39, 0.29) is 12.0 Å². The molecule has 0 saturated carbocycles. The summed E-state index contributed by atoms with van der Waals surface area (Å²) in [6.45, 7) is 5.41. The number of morpholine rings is 1. The third-order valence-electron chi connectivity index (χ3n) is 4.12. The second kappa shape index (κ2) is 7.77. The summed E-state index contributed by atoms with van der Waals surface area (Å²) in [7, 11) is 0. The lowest BCUT2D eigenvalue weighted by molar-refractivity contribution is -0.128. The number of hydrogen-bond donors (Lipinski definition) is 2. The molecule has 6 heteroatoms. The Morgan fingerprint density at radius 1 is 1.30 bits per heavy atom. The summed E-state index contributed by atoms with van der Waals surface area (Å²) in [5.74, 6) is 0.750. The predicted molar refractivity (Wildman–Crippen MR) is 86.9 cm³/mol. The van der Waals surface area contributed by atoms with Gasteiger partial charge in [0.05, 0.1) is 19.8 Å². The fourth-order valence-corrected chi connectivity index (χ4v) is 2.79. The summed E-state index contributed by atoms with van der Waals surface area (Å²) >= 11 is 0. The minimum absolute atomic E-state index is 0.116. The van der Waals surface area contributed by atoms with Gasteiger partial charge in [-0.25, -0.2) is 0 Å². The zero-order chi connectivity index (χ0) is 16.1. The average molecular weight is 320 g/mol. The molecule has 0 aromatic heterocycles. The quantitative estimate of drug-likeness (QED) is 0.879. The van der Waals surface area contributed by atoms with Crippen LogP contribution in [0.1, 0.15) is 18.4 Å². The molecule has 2 N–H and O–H groups in total. The SMILES string of the molecule is Cc1cc(NC(=O)C2CNCCO2)ccc1OC1CCOCC1. The molecule has 1 aromatic carbocycles. The maximum atomic E-state index is 12.2. The molecule has 1 aromatic rings. The van der Waals surface area contributed by atoms with Gasteiger partial charge in [-0.3, -0.25) is 4.79 Å². The summed E-state index contributed by atoms with van der Waals surface area (Å²) in [6.07, 6.45) is 1.63. The Hall–Kier alpha value is -1.63. The summed E-state index contributed by atoms with van der Waals surface area (Å²) in [5, 5.41) is 6.06. The van der Waals surface area contributed by atoms with E-state index in [1.54, 1.807) is 0 Å². The van der Waals surface area contributed by atoms with Crippen LogP contribution in [-0.4, -0.2) is 51.0 Å². The largest absolute Gasteiger partial charge is 0.490 e. The molecule has 126 valence electrons. The molecular formula is C17H24N2O4. The highest BCUT2D eigenvalue weighted by molar-refractivity contribution is 5.94. The number of rotatable bonds is 4. The van der Waals surface area contributed by atoms with Gasteiger partial charge in [-0.1, -0.05) is 0 Å². The van der Waals surface area contributed by atoms with Gasteiger partial charge in [0.1, 0.15) is 18.0 Å². The highest BCUT2D eigenvalue weighted by atomic mass is 16.5. The van der Waals surface area contributed by atoms with Crippen molar-refractivity contribution in [2.24, 2.45) is 0 Å². The van der Waals surface area contributed by atoms with Crippen molar-refractivity contribution in [3.05, 3.63) is 23.8 Å². The first-order valence-electron chi connectivity index (χ1n) is 8.20. The highest BCUT2D eigenvalue weighted by Gasteiger charge is 2.22. The highest BCUT2D eigenvalue weighted by Crippen LogP contribution is 2.25. The Kier molecular flexibility index (Phi) is 5.48. The molecule has 6 nitrogen and oxygen atoms in total. The molecule has 1 atom stereocenters. The number of carbonyl (C=O) groups is 1. The first kappa shape index (κ1) is 16.2. The average Bonchev–Trinajstić information content (AvgIpc) is 2.59. The third kappa shape index (κ3) is 4.43. The van der Waals surface area contributed by atoms with Crippen LogP contribution in [0.4, 0.5) is 5.69 Å². The maximum Gasteiger partial charge on any atom is 0.254 e. The lowest BCUT2D eigenvalue weighted by Crippen LogP contribution is -2.45. The second-order valence-corrected chi connectivity index (χ2v) is 5.96. The van der Waals surface area contributed by atoms with Crippen LogP contribution in [0.25, 0.3) is 0 Å². The van der Waals surface area contributed by atoms with Crippen LogP contribution in [0.3, 0.4) is 0 Å². The van der Waals surface area contributed by atoms with Crippen LogP contribution in [-0.2, 0) is 14.3 Å². The molecule has 2 saturated heterocycles. The van der Waals surface area contributed by atoms with Crippen molar-refractivity contribution in [3.8, 4) is 5.75 Å². The fourth-order valence-electron chi connectivity index (χ4n) is 2.79. The van der Waals surface area contributed by atoms with E-state index >= 15 is 0 Å². The Labute approximate surface area is 136 Å². The minimum atomic E-state index is -0.428. The molecule has 2 heterocycles. The van der Waals surface area contributed by atoms with Crippen LogP contribution in [0.5, 0.6) is 5.75 Å². The number of amides is 1. The van der Waals surface area contributed by atoms with E-state index in [1.165, 1.54) is 0 Å². The molecule has 0 aliphatic carbocycles. The molecule has 23 heavy (non-hydrogen) atoms. The van der Waals surface area contributed by atoms with Gasteiger partial charge in [-0.2, -0.15) is 0 Å². The van der Waals surface area contributed by atoms with Gasteiger partial charge in [0.2, 0.25) is 0 Å². The molecule has 0 radical (unpaired) electrons. The molecule has 1 amide bonds. The van der Waals surface area contributed by atoms with Crippen LogP contribution in [0.15, 0.2) is 18.2 Å². The first-order valence-corrected chi connectivity index (χ1v) is 8.20. The maximum absolute atomic E-state index is 12.2. The molecular weight excluding hydrogens is 296 g/mol. The van der Waals surface area contributed by atoms with Crippen LogP contribution >= 0.6 is 0 Å². The van der Waals surface area contributed by atoms with E-state index in [0.717, 1.165) is 49.6 Å². The lowest BCUT2D eigenvalue weighted by Gasteiger charge is -2.25.